The number of aromatic nitrogens is 2. The number of aldehydes is 1. The molecule has 2 aromatic heterocycles. The zero-order valence-corrected chi connectivity index (χ0v) is 17.6. The van der Waals surface area contributed by atoms with Crippen molar-refractivity contribution in [2.45, 2.75) is 19.5 Å². The van der Waals surface area contributed by atoms with Gasteiger partial charge < -0.3 is 20.3 Å². The lowest BCUT2D eigenvalue weighted by Gasteiger charge is -2.28. The fourth-order valence-electron chi connectivity index (χ4n) is 3.23. The van der Waals surface area contributed by atoms with Crippen LogP contribution < -0.4 is 10.6 Å². The van der Waals surface area contributed by atoms with Crippen molar-refractivity contribution in [2.24, 2.45) is 0 Å². The number of hydrogen-bond donors (Lipinski definition) is 1. The molecule has 0 unspecified atom stereocenters. The first-order valence-corrected chi connectivity index (χ1v) is 9.71. The number of hydrogen-bond acceptors (Lipinski definition) is 6. The van der Waals surface area contributed by atoms with Crippen molar-refractivity contribution in [3.05, 3.63) is 71.9 Å². The molecule has 0 aliphatic carbocycles. The van der Waals surface area contributed by atoms with Crippen LogP contribution in [0.4, 0.5) is 15.9 Å². The van der Waals surface area contributed by atoms with Crippen LogP contribution in [0, 0.1) is 5.95 Å². The number of nitrogen functional groups attached to an aromatic ring is 1. The molecule has 0 saturated heterocycles. The molecule has 1 atom stereocenters. The minimum Gasteiger partial charge on any atom is -0.384 e. The van der Waals surface area contributed by atoms with Gasteiger partial charge in [0.15, 0.2) is 0 Å². The predicted molar refractivity (Wildman–Crippen MR) is 118 cm³/mol. The normalized spacial score (nSPS) is 11.6. The molecular weight excluding hydrogens is 397 g/mol. The summed E-state index contributed by atoms with van der Waals surface area (Å²) in [6.45, 7) is 1.62. The Morgan fingerprint density at radius 3 is 2.55 bits per heavy atom. The smallest absolute Gasteiger partial charge is 0.256 e. The quantitative estimate of drug-likeness (QED) is 0.465. The molecule has 3 rings (SSSR count). The summed E-state index contributed by atoms with van der Waals surface area (Å²) in [5.41, 5.74) is 8.99. The SMILES string of the molecule is C[C@H](C=O)N(Cc1cccc(F)n1)C(=O)c1ccc(-c2ccnc(N)c2)cc1N(C)C. The Hall–Kier alpha value is -3.81. The van der Waals surface area contributed by atoms with E-state index in [2.05, 4.69) is 9.97 Å². The largest absolute Gasteiger partial charge is 0.384 e. The van der Waals surface area contributed by atoms with Crippen molar-refractivity contribution in [3.63, 3.8) is 0 Å². The first-order valence-electron chi connectivity index (χ1n) is 9.71. The molecule has 31 heavy (non-hydrogen) atoms. The molecule has 8 heteroatoms. The van der Waals surface area contributed by atoms with E-state index in [0.29, 0.717) is 29.0 Å². The van der Waals surface area contributed by atoms with Gasteiger partial charge in [-0.3, -0.25) is 4.79 Å². The standard InChI is InChI=1S/C23H24FN5O2/c1-15(14-30)29(13-18-5-4-6-21(24)27-18)23(31)19-8-7-16(11-20(19)28(2)3)17-9-10-26-22(25)12-17/h4-12,14-15H,13H2,1-3H3,(H2,25,26)/t15-/m1/s1. The summed E-state index contributed by atoms with van der Waals surface area (Å²) in [6, 6.07) is 12.7. The fraction of sp³-hybridized carbons (Fsp3) is 0.217. The monoisotopic (exact) mass is 421 g/mol. The molecule has 160 valence electrons. The van der Waals surface area contributed by atoms with Gasteiger partial charge in [0.25, 0.3) is 5.91 Å². The van der Waals surface area contributed by atoms with Crippen molar-refractivity contribution in [1.82, 2.24) is 14.9 Å². The van der Waals surface area contributed by atoms with Gasteiger partial charge in [-0.1, -0.05) is 12.1 Å². The molecule has 7 nitrogen and oxygen atoms in total. The van der Waals surface area contributed by atoms with E-state index in [9.17, 15) is 14.0 Å². The van der Waals surface area contributed by atoms with Crippen molar-refractivity contribution >= 4 is 23.7 Å². The number of anilines is 2. The van der Waals surface area contributed by atoms with Gasteiger partial charge in [-0.15, -0.1) is 0 Å². The zero-order chi connectivity index (χ0) is 22.5. The van der Waals surface area contributed by atoms with Crippen LogP contribution >= 0.6 is 0 Å². The van der Waals surface area contributed by atoms with Crippen LogP contribution in [0.5, 0.6) is 0 Å². The van der Waals surface area contributed by atoms with E-state index in [0.717, 1.165) is 11.1 Å². The lowest BCUT2D eigenvalue weighted by Crippen LogP contribution is -2.39. The number of halogens is 1. The number of benzene rings is 1. The van der Waals surface area contributed by atoms with Gasteiger partial charge in [0.1, 0.15) is 12.1 Å². The lowest BCUT2D eigenvalue weighted by atomic mass is 10.0. The van der Waals surface area contributed by atoms with E-state index in [-0.39, 0.29) is 12.5 Å². The molecule has 1 aromatic carbocycles. The molecular formula is C23H24FN5O2. The number of carbonyl (C=O) groups excluding carboxylic acids is 2. The number of amides is 1. The summed E-state index contributed by atoms with van der Waals surface area (Å²) >= 11 is 0. The average molecular weight is 421 g/mol. The molecule has 0 aliphatic rings. The van der Waals surface area contributed by atoms with E-state index < -0.39 is 12.0 Å². The second-order valence-corrected chi connectivity index (χ2v) is 7.36. The molecule has 0 saturated carbocycles. The highest BCUT2D eigenvalue weighted by Gasteiger charge is 2.25. The van der Waals surface area contributed by atoms with Gasteiger partial charge in [0.2, 0.25) is 5.95 Å². The Kier molecular flexibility index (Phi) is 6.59. The Morgan fingerprint density at radius 2 is 1.90 bits per heavy atom. The molecule has 2 N–H and O–H groups in total. The van der Waals surface area contributed by atoms with E-state index >= 15 is 0 Å². The van der Waals surface area contributed by atoms with Gasteiger partial charge in [0.05, 0.1) is 23.8 Å². The van der Waals surface area contributed by atoms with Crippen molar-refractivity contribution in [2.75, 3.05) is 24.7 Å². The van der Waals surface area contributed by atoms with Crippen LogP contribution in [0.3, 0.4) is 0 Å². The summed E-state index contributed by atoms with van der Waals surface area (Å²) in [5, 5.41) is 0. The maximum absolute atomic E-state index is 13.5. The number of rotatable bonds is 7. The Labute approximate surface area is 180 Å². The molecule has 0 radical (unpaired) electrons. The topological polar surface area (TPSA) is 92.4 Å². The van der Waals surface area contributed by atoms with Crippen molar-refractivity contribution in [3.8, 4) is 11.1 Å². The van der Waals surface area contributed by atoms with Crippen LogP contribution in [0.1, 0.15) is 23.0 Å². The molecule has 3 aromatic rings. The fourth-order valence-corrected chi connectivity index (χ4v) is 3.23. The molecule has 1 amide bonds. The maximum atomic E-state index is 13.5. The zero-order valence-electron chi connectivity index (χ0n) is 17.6. The predicted octanol–water partition coefficient (Wildman–Crippen LogP) is 3.16. The summed E-state index contributed by atoms with van der Waals surface area (Å²) in [4.78, 5) is 36.0. The first kappa shape index (κ1) is 21.9. The van der Waals surface area contributed by atoms with Crippen molar-refractivity contribution in [1.29, 1.82) is 0 Å². The van der Waals surface area contributed by atoms with E-state index in [1.807, 2.05) is 37.2 Å². The summed E-state index contributed by atoms with van der Waals surface area (Å²) < 4.78 is 13.5. The Bertz CT molecular complexity index is 1100. The van der Waals surface area contributed by atoms with E-state index in [1.165, 1.54) is 17.0 Å². The van der Waals surface area contributed by atoms with Crippen LogP contribution in [0.25, 0.3) is 11.1 Å². The number of pyridine rings is 2. The average Bonchev–Trinajstić information content (AvgIpc) is 2.76. The number of nitrogens with two attached hydrogens (primary N) is 1. The molecule has 0 fully saturated rings. The second-order valence-electron chi connectivity index (χ2n) is 7.36. The van der Waals surface area contributed by atoms with Crippen LogP contribution in [-0.4, -0.2) is 47.2 Å². The maximum Gasteiger partial charge on any atom is 0.256 e. The van der Waals surface area contributed by atoms with E-state index in [1.54, 1.807) is 31.3 Å². The highest BCUT2D eigenvalue weighted by Crippen LogP contribution is 2.29. The van der Waals surface area contributed by atoms with Gasteiger partial charge in [-0.25, -0.2) is 9.97 Å². The van der Waals surface area contributed by atoms with Crippen LogP contribution in [0.2, 0.25) is 0 Å². The molecule has 2 heterocycles. The highest BCUT2D eigenvalue weighted by molar-refractivity contribution is 6.01. The van der Waals surface area contributed by atoms with Gasteiger partial charge >= 0.3 is 0 Å². The Morgan fingerprint density at radius 1 is 1.16 bits per heavy atom. The van der Waals surface area contributed by atoms with Crippen LogP contribution in [0.15, 0.2) is 54.7 Å². The van der Waals surface area contributed by atoms with Crippen LogP contribution in [-0.2, 0) is 11.3 Å². The Balaban J connectivity index is 2.01. The minimum absolute atomic E-state index is 0.00596. The molecule has 0 aliphatic heterocycles. The molecule has 0 bridgehead atoms. The van der Waals surface area contributed by atoms with Gasteiger partial charge in [-0.2, -0.15) is 4.39 Å². The molecule has 0 spiro atoms. The van der Waals surface area contributed by atoms with E-state index in [4.69, 9.17) is 5.73 Å². The summed E-state index contributed by atoms with van der Waals surface area (Å²) in [5.74, 6) is -0.591. The minimum atomic E-state index is -0.716. The summed E-state index contributed by atoms with van der Waals surface area (Å²) in [6.07, 6.45) is 2.30. The second kappa shape index (κ2) is 9.34. The number of nitrogens with zero attached hydrogens (tertiary/aromatic N) is 4. The van der Waals surface area contributed by atoms with Gasteiger partial charge in [-0.05, 0) is 54.4 Å². The first-order chi connectivity index (χ1) is 14.8. The van der Waals surface area contributed by atoms with Crippen molar-refractivity contribution < 1.29 is 14.0 Å². The third-order valence-corrected chi connectivity index (χ3v) is 4.88. The van der Waals surface area contributed by atoms with Gasteiger partial charge in [0, 0.05) is 26.0 Å². The highest BCUT2D eigenvalue weighted by atomic mass is 19.1. The summed E-state index contributed by atoms with van der Waals surface area (Å²) in [7, 11) is 3.66. The third kappa shape index (κ3) is 5.03. The lowest BCUT2D eigenvalue weighted by molar-refractivity contribution is -0.111. The number of carbonyl (C=O) groups is 2. The third-order valence-electron chi connectivity index (χ3n) is 4.88.